The number of amides is 1. The van der Waals surface area contributed by atoms with Crippen LogP contribution in [0.15, 0.2) is 5.10 Å². The third kappa shape index (κ3) is 1.74. The summed E-state index contributed by atoms with van der Waals surface area (Å²) in [7, 11) is 0. The number of nitrogens with zero attached hydrogens (tertiary/aromatic N) is 2. The van der Waals surface area contributed by atoms with Crippen LogP contribution in [0, 0.1) is 11.8 Å². The molecule has 1 atom stereocenters. The molecule has 0 aromatic rings. The first-order valence-electron chi connectivity index (χ1n) is 4.83. The van der Waals surface area contributed by atoms with E-state index >= 15 is 0 Å². The molecule has 1 unspecified atom stereocenters. The van der Waals surface area contributed by atoms with Gasteiger partial charge in [-0.1, -0.05) is 13.8 Å². The molecule has 0 fully saturated rings. The van der Waals surface area contributed by atoms with Crippen molar-refractivity contribution in [3.8, 4) is 0 Å². The summed E-state index contributed by atoms with van der Waals surface area (Å²) >= 11 is 0. The van der Waals surface area contributed by atoms with Crippen LogP contribution in [0.4, 0.5) is 0 Å². The predicted octanol–water partition coefficient (Wildman–Crippen LogP) is 1.89. The number of hydrogen-bond acceptors (Lipinski definition) is 2. The summed E-state index contributed by atoms with van der Waals surface area (Å²) in [5.74, 6) is 0.505. The predicted molar refractivity (Wildman–Crippen MR) is 53.4 cm³/mol. The van der Waals surface area contributed by atoms with Gasteiger partial charge in [0.2, 0.25) is 0 Å². The summed E-state index contributed by atoms with van der Waals surface area (Å²) in [6, 6.07) is 0.172. The van der Waals surface area contributed by atoms with Gasteiger partial charge in [-0.3, -0.25) is 4.79 Å². The van der Waals surface area contributed by atoms with E-state index in [0.29, 0.717) is 5.92 Å². The fraction of sp³-hybridized carbons (Fsp3) is 0.800. The molecule has 0 N–H and O–H groups in total. The molecule has 13 heavy (non-hydrogen) atoms. The summed E-state index contributed by atoms with van der Waals surface area (Å²) in [5.41, 5.74) is 0.953. The van der Waals surface area contributed by atoms with Crippen molar-refractivity contribution >= 4 is 11.6 Å². The average molecular weight is 182 g/mol. The second-order valence-corrected chi connectivity index (χ2v) is 4.24. The van der Waals surface area contributed by atoms with Crippen LogP contribution < -0.4 is 0 Å². The van der Waals surface area contributed by atoms with E-state index in [-0.39, 0.29) is 17.9 Å². The van der Waals surface area contributed by atoms with Gasteiger partial charge < -0.3 is 0 Å². The Morgan fingerprint density at radius 3 is 2.08 bits per heavy atom. The first-order valence-corrected chi connectivity index (χ1v) is 4.83. The molecule has 0 spiro atoms. The Hall–Kier alpha value is -0.860. The Labute approximate surface area is 79.8 Å². The highest BCUT2D eigenvalue weighted by Gasteiger charge is 2.36. The molecule has 0 aliphatic carbocycles. The van der Waals surface area contributed by atoms with Crippen LogP contribution in [0.2, 0.25) is 0 Å². The normalized spacial score (nSPS) is 23.3. The highest BCUT2D eigenvalue weighted by Crippen LogP contribution is 2.24. The molecule has 3 nitrogen and oxygen atoms in total. The summed E-state index contributed by atoms with van der Waals surface area (Å²) in [6.45, 7) is 10.0. The van der Waals surface area contributed by atoms with Gasteiger partial charge in [0.25, 0.3) is 5.91 Å². The summed E-state index contributed by atoms with van der Waals surface area (Å²) in [5, 5.41) is 5.87. The molecule has 0 aromatic heterocycles. The van der Waals surface area contributed by atoms with Gasteiger partial charge >= 0.3 is 0 Å². The molecule has 1 aliphatic heterocycles. The number of hydrazone groups is 1. The fourth-order valence-electron chi connectivity index (χ4n) is 1.74. The molecular weight excluding hydrogens is 164 g/mol. The molecule has 0 aromatic carbocycles. The second-order valence-electron chi connectivity index (χ2n) is 4.24. The maximum atomic E-state index is 11.8. The lowest BCUT2D eigenvalue weighted by atomic mass is 9.91. The maximum Gasteiger partial charge on any atom is 0.252 e. The van der Waals surface area contributed by atoms with E-state index in [9.17, 15) is 4.79 Å². The van der Waals surface area contributed by atoms with Crippen molar-refractivity contribution in [3.63, 3.8) is 0 Å². The van der Waals surface area contributed by atoms with E-state index in [1.165, 1.54) is 0 Å². The minimum Gasteiger partial charge on any atom is -0.272 e. The van der Waals surface area contributed by atoms with Gasteiger partial charge in [0, 0.05) is 11.8 Å². The lowest BCUT2D eigenvalue weighted by Gasteiger charge is -2.19. The molecule has 0 radical (unpaired) electrons. The Morgan fingerprint density at radius 1 is 1.31 bits per heavy atom. The van der Waals surface area contributed by atoms with E-state index in [2.05, 4.69) is 18.9 Å². The van der Waals surface area contributed by atoms with E-state index < -0.39 is 0 Å². The van der Waals surface area contributed by atoms with Gasteiger partial charge in [0.05, 0.1) is 5.92 Å². The van der Waals surface area contributed by atoms with E-state index in [0.717, 1.165) is 5.71 Å². The molecule has 1 aliphatic rings. The Morgan fingerprint density at radius 2 is 1.85 bits per heavy atom. The highest BCUT2D eigenvalue weighted by molar-refractivity contribution is 6.07. The van der Waals surface area contributed by atoms with Gasteiger partial charge in [0.15, 0.2) is 0 Å². The van der Waals surface area contributed by atoms with Crippen LogP contribution >= 0.6 is 0 Å². The fourth-order valence-corrected chi connectivity index (χ4v) is 1.74. The number of carbonyl (C=O) groups is 1. The van der Waals surface area contributed by atoms with Crippen molar-refractivity contribution in [2.45, 2.75) is 40.7 Å². The van der Waals surface area contributed by atoms with Crippen molar-refractivity contribution < 1.29 is 4.79 Å². The Kier molecular flexibility index (Phi) is 2.74. The van der Waals surface area contributed by atoms with Gasteiger partial charge in [-0.05, 0) is 26.7 Å². The summed E-state index contributed by atoms with van der Waals surface area (Å²) < 4.78 is 0. The van der Waals surface area contributed by atoms with Crippen LogP contribution in [0.5, 0.6) is 0 Å². The molecule has 0 bridgehead atoms. The van der Waals surface area contributed by atoms with E-state index in [1.807, 2.05) is 20.8 Å². The molecule has 3 heteroatoms. The molecule has 0 saturated heterocycles. The minimum atomic E-state index is 0.00222. The van der Waals surface area contributed by atoms with Crippen molar-refractivity contribution in [1.82, 2.24) is 5.01 Å². The van der Waals surface area contributed by atoms with E-state index in [1.54, 1.807) is 5.01 Å². The third-order valence-electron chi connectivity index (χ3n) is 2.36. The average Bonchev–Trinajstić information content (AvgIpc) is 2.26. The van der Waals surface area contributed by atoms with Gasteiger partial charge in [0.1, 0.15) is 0 Å². The van der Waals surface area contributed by atoms with Crippen LogP contribution in [-0.4, -0.2) is 22.7 Å². The number of hydrogen-bond donors (Lipinski definition) is 0. The molecular formula is C10H18N2O. The van der Waals surface area contributed by atoms with Crippen LogP contribution in [0.1, 0.15) is 34.6 Å². The lowest BCUT2D eigenvalue weighted by Crippen LogP contribution is -2.34. The Balaban J connectivity index is 2.86. The molecule has 1 rings (SSSR count). The first kappa shape index (κ1) is 10.2. The SMILES string of the molecule is CC1=NN(C(C)C)C(=O)C1C(C)C. The Bertz CT molecular complexity index is 243. The van der Waals surface area contributed by atoms with E-state index in [4.69, 9.17) is 0 Å². The summed E-state index contributed by atoms with van der Waals surface area (Å²) in [4.78, 5) is 11.8. The molecule has 1 heterocycles. The highest BCUT2D eigenvalue weighted by atomic mass is 16.2. The lowest BCUT2D eigenvalue weighted by molar-refractivity contribution is -0.134. The van der Waals surface area contributed by atoms with Gasteiger partial charge in [-0.15, -0.1) is 0 Å². The summed E-state index contributed by atoms with van der Waals surface area (Å²) in [6.07, 6.45) is 0. The molecule has 0 saturated carbocycles. The zero-order valence-electron chi connectivity index (χ0n) is 9.03. The maximum absolute atomic E-state index is 11.8. The second kappa shape index (κ2) is 3.48. The standard InChI is InChI=1S/C10H18N2O/c1-6(2)9-8(5)11-12(7(3)4)10(9)13/h6-7,9H,1-5H3. The number of rotatable bonds is 2. The van der Waals surface area contributed by atoms with Crippen LogP contribution in [0.3, 0.4) is 0 Å². The number of carbonyl (C=O) groups excluding carboxylic acids is 1. The zero-order chi connectivity index (χ0) is 10.2. The smallest absolute Gasteiger partial charge is 0.252 e. The van der Waals surface area contributed by atoms with Gasteiger partial charge in [-0.25, -0.2) is 5.01 Å². The van der Waals surface area contributed by atoms with Crippen LogP contribution in [0.25, 0.3) is 0 Å². The minimum absolute atomic E-state index is 0.00222. The van der Waals surface area contributed by atoms with Crippen molar-refractivity contribution in [2.75, 3.05) is 0 Å². The van der Waals surface area contributed by atoms with Crippen molar-refractivity contribution in [1.29, 1.82) is 0 Å². The topological polar surface area (TPSA) is 32.7 Å². The molecule has 1 amide bonds. The third-order valence-corrected chi connectivity index (χ3v) is 2.36. The largest absolute Gasteiger partial charge is 0.272 e. The zero-order valence-corrected chi connectivity index (χ0v) is 9.03. The first-order chi connectivity index (χ1) is 5.95. The van der Waals surface area contributed by atoms with Crippen molar-refractivity contribution in [3.05, 3.63) is 0 Å². The van der Waals surface area contributed by atoms with Crippen molar-refractivity contribution in [2.24, 2.45) is 16.9 Å². The van der Waals surface area contributed by atoms with Gasteiger partial charge in [-0.2, -0.15) is 5.10 Å². The molecule has 74 valence electrons. The quantitative estimate of drug-likeness (QED) is 0.641. The monoisotopic (exact) mass is 182 g/mol. The van der Waals surface area contributed by atoms with Crippen LogP contribution in [-0.2, 0) is 4.79 Å².